The maximum absolute atomic E-state index is 11.1. The Hall–Kier alpha value is -3.87. The molecule has 0 radical (unpaired) electrons. The lowest BCUT2D eigenvalue weighted by molar-refractivity contribution is -0.0979. The van der Waals surface area contributed by atoms with E-state index in [0.29, 0.717) is 11.2 Å². The molecule has 0 atom stereocenters. The second kappa shape index (κ2) is 13.0. The largest absolute Gasteiger partial charge is 0.423 e. The lowest BCUT2D eigenvalue weighted by atomic mass is 10.2. The molecule has 0 spiro atoms. The van der Waals surface area contributed by atoms with Crippen LogP contribution in [0.4, 0.5) is 11.4 Å². The van der Waals surface area contributed by atoms with Gasteiger partial charge in [-0.1, -0.05) is 0 Å². The molecule has 0 aliphatic carbocycles. The van der Waals surface area contributed by atoms with Gasteiger partial charge in [-0.3, -0.25) is 0 Å². The highest BCUT2D eigenvalue weighted by Gasteiger charge is 2.05. The second-order valence-electron chi connectivity index (χ2n) is 7.30. The van der Waals surface area contributed by atoms with Gasteiger partial charge < -0.3 is 23.4 Å². The molecule has 180 valence electrons. The predicted octanol–water partition coefficient (Wildman–Crippen LogP) is 5.09. The number of rotatable bonds is 6. The van der Waals surface area contributed by atoms with Crippen molar-refractivity contribution in [3.8, 4) is 0 Å². The number of fused-ring (bicyclic) bond motifs is 2. The molecule has 2 aromatic carbocycles. The summed E-state index contributed by atoms with van der Waals surface area (Å²) in [5, 5.41) is 1.91. The van der Waals surface area contributed by atoms with Crippen LogP contribution in [-0.2, 0) is 4.79 Å². The van der Waals surface area contributed by atoms with Crippen molar-refractivity contribution in [3.63, 3.8) is 0 Å². The molecule has 2 aromatic heterocycles. The van der Waals surface area contributed by atoms with E-state index in [1.165, 1.54) is 12.1 Å². The molecule has 4 rings (SSSR count). The summed E-state index contributed by atoms with van der Waals surface area (Å²) in [4.78, 5) is 34.7. The molecule has 2 heterocycles. The zero-order valence-electron chi connectivity index (χ0n) is 20.2. The number of carbonyl (C=O) groups is 1. The molecule has 7 heteroatoms. The average molecular weight is 465 g/mol. The van der Waals surface area contributed by atoms with Gasteiger partial charge in [-0.25, -0.2) is 9.59 Å². The van der Waals surface area contributed by atoms with Crippen LogP contribution in [-0.4, -0.2) is 33.0 Å². The first kappa shape index (κ1) is 26.4. The van der Waals surface area contributed by atoms with E-state index in [9.17, 15) is 9.59 Å². The summed E-state index contributed by atoms with van der Waals surface area (Å²) in [6.07, 6.45) is 0. The molecule has 0 amide bonds. The van der Waals surface area contributed by atoms with Crippen molar-refractivity contribution in [1.29, 1.82) is 0 Å². The molecular formula is C27H32N2O5. The third kappa shape index (κ3) is 6.57. The summed E-state index contributed by atoms with van der Waals surface area (Å²) in [5.41, 5.74) is 2.88. The van der Waals surface area contributed by atoms with E-state index in [1.54, 1.807) is 12.1 Å². The summed E-state index contributed by atoms with van der Waals surface area (Å²) in [7, 11) is 0. The molecule has 0 aliphatic rings. The molecule has 0 saturated carbocycles. The minimum atomic E-state index is -0.302. The summed E-state index contributed by atoms with van der Waals surface area (Å²) < 4.78 is 10.3. The van der Waals surface area contributed by atoms with E-state index in [0.717, 1.165) is 48.3 Å². The Labute approximate surface area is 199 Å². The minimum absolute atomic E-state index is 0.302. The monoisotopic (exact) mass is 464 g/mol. The molecule has 0 N–H and O–H groups in total. The van der Waals surface area contributed by atoms with Crippen LogP contribution in [0.3, 0.4) is 0 Å². The molecule has 4 aromatic rings. The van der Waals surface area contributed by atoms with Crippen LogP contribution >= 0.6 is 0 Å². The average Bonchev–Trinajstić information content (AvgIpc) is 2.86. The van der Waals surface area contributed by atoms with Gasteiger partial charge >= 0.3 is 11.3 Å². The fraction of sp³-hybridized carbons (Fsp3) is 0.296. The van der Waals surface area contributed by atoms with Crippen molar-refractivity contribution in [2.75, 3.05) is 36.0 Å². The van der Waals surface area contributed by atoms with Crippen molar-refractivity contribution in [2.24, 2.45) is 0 Å². The van der Waals surface area contributed by atoms with Crippen LogP contribution in [0.2, 0.25) is 0 Å². The first-order valence-corrected chi connectivity index (χ1v) is 11.4. The zero-order valence-corrected chi connectivity index (χ0v) is 20.2. The number of hydrogen-bond acceptors (Lipinski definition) is 7. The zero-order chi connectivity index (χ0) is 25.1. The van der Waals surface area contributed by atoms with Gasteiger partial charge in [0.1, 0.15) is 18.0 Å². The molecule has 0 fully saturated rings. The predicted molar refractivity (Wildman–Crippen MR) is 139 cm³/mol. The highest BCUT2D eigenvalue weighted by atomic mass is 16.4. The molecule has 0 unspecified atom stereocenters. The maximum atomic E-state index is 11.1. The summed E-state index contributed by atoms with van der Waals surface area (Å²) >= 11 is 0. The molecular weight excluding hydrogens is 432 g/mol. The van der Waals surface area contributed by atoms with E-state index in [-0.39, 0.29) is 11.3 Å². The van der Waals surface area contributed by atoms with Gasteiger partial charge in [-0.15, -0.1) is 0 Å². The maximum Gasteiger partial charge on any atom is 0.336 e. The number of nitrogens with zero attached hydrogens (tertiary/aromatic N) is 2. The van der Waals surface area contributed by atoms with Crippen LogP contribution in [0.15, 0.2) is 79.1 Å². The van der Waals surface area contributed by atoms with E-state index in [1.807, 2.05) is 31.1 Å². The quantitative estimate of drug-likeness (QED) is 0.367. The lowest BCUT2D eigenvalue weighted by Crippen LogP contribution is -2.21. The highest BCUT2D eigenvalue weighted by molar-refractivity contribution is 5.81. The molecule has 34 heavy (non-hydrogen) atoms. The number of carbonyl (C=O) groups excluding carboxylic acids is 1. The molecule has 0 aliphatic heterocycles. The van der Waals surface area contributed by atoms with Crippen LogP contribution in [0.5, 0.6) is 0 Å². The third-order valence-electron chi connectivity index (χ3n) is 5.47. The molecule has 0 bridgehead atoms. The van der Waals surface area contributed by atoms with Gasteiger partial charge in [-0.05, 0) is 64.1 Å². The fourth-order valence-electron chi connectivity index (χ4n) is 3.67. The van der Waals surface area contributed by atoms with Crippen molar-refractivity contribution in [2.45, 2.75) is 27.7 Å². The minimum Gasteiger partial charge on any atom is -0.423 e. The SMILES string of the molecule is C=O.CCN(CC)c1ccc2ccc(=O)oc2c1.CCN(CC)c1ccc2ccc(=O)oc2c1. The third-order valence-corrected chi connectivity index (χ3v) is 5.47. The Morgan fingerprint density at radius 1 is 0.588 bits per heavy atom. The smallest absolute Gasteiger partial charge is 0.336 e. The molecule has 7 nitrogen and oxygen atoms in total. The van der Waals surface area contributed by atoms with E-state index in [2.05, 4.69) is 49.6 Å². The van der Waals surface area contributed by atoms with Gasteiger partial charge in [0.05, 0.1) is 0 Å². The van der Waals surface area contributed by atoms with Crippen molar-refractivity contribution in [3.05, 3.63) is 81.5 Å². The summed E-state index contributed by atoms with van der Waals surface area (Å²) in [5.74, 6) is 0. The Morgan fingerprint density at radius 2 is 0.912 bits per heavy atom. The molecule has 0 saturated heterocycles. The topological polar surface area (TPSA) is 84.0 Å². The van der Waals surface area contributed by atoms with Crippen LogP contribution in [0.1, 0.15) is 27.7 Å². The second-order valence-corrected chi connectivity index (χ2v) is 7.30. The van der Waals surface area contributed by atoms with Gasteiger partial charge in [-0.2, -0.15) is 0 Å². The van der Waals surface area contributed by atoms with Crippen LogP contribution in [0.25, 0.3) is 21.9 Å². The van der Waals surface area contributed by atoms with Gasteiger partial charge in [0.25, 0.3) is 0 Å². The highest BCUT2D eigenvalue weighted by Crippen LogP contribution is 2.21. The van der Waals surface area contributed by atoms with Gasteiger partial charge in [0.2, 0.25) is 0 Å². The van der Waals surface area contributed by atoms with E-state index < -0.39 is 0 Å². The van der Waals surface area contributed by atoms with Crippen LogP contribution < -0.4 is 21.1 Å². The van der Waals surface area contributed by atoms with Crippen molar-refractivity contribution in [1.82, 2.24) is 0 Å². The standard InChI is InChI=1S/2C13H15NO2.CH2O/c2*1-3-14(4-2)11-7-5-10-6-8-13(15)16-12(10)9-11;1-2/h2*5-9H,3-4H2,1-2H3;1H2. The number of hydrogen-bond donors (Lipinski definition) is 0. The lowest BCUT2D eigenvalue weighted by Gasteiger charge is -2.20. The van der Waals surface area contributed by atoms with Crippen molar-refractivity contribution >= 4 is 40.1 Å². The van der Waals surface area contributed by atoms with Crippen LogP contribution in [0, 0.1) is 0 Å². The normalized spacial score (nSPS) is 10.1. The first-order valence-electron chi connectivity index (χ1n) is 11.4. The van der Waals surface area contributed by atoms with E-state index >= 15 is 0 Å². The van der Waals surface area contributed by atoms with Gasteiger partial charge in [0, 0.05) is 72.6 Å². The number of anilines is 2. The number of benzene rings is 2. The first-order chi connectivity index (χ1) is 16.5. The Bertz CT molecular complexity index is 1200. The Balaban J connectivity index is 0.000000224. The van der Waals surface area contributed by atoms with E-state index in [4.69, 9.17) is 13.6 Å². The Morgan fingerprint density at radius 3 is 1.24 bits per heavy atom. The summed E-state index contributed by atoms with van der Waals surface area (Å²) in [6.45, 7) is 14.2. The summed E-state index contributed by atoms with van der Waals surface area (Å²) in [6, 6.07) is 18.4. The Kier molecular flexibility index (Phi) is 10.1. The fourth-order valence-corrected chi connectivity index (χ4v) is 3.67. The van der Waals surface area contributed by atoms with Crippen molar-refractivity contribution < 1.29 is 13.6 Å². The van der Waals surface area contributed by atoms with Gasteiger partial charge in [0.15, 0.2) is 0 Å².